The van der Waals surface area contributed by atoms with Crippen LogP contribution in [0, 0.1) is 28.4 Å². The van der Waals surface area contributed by atoms with Gasteiger partial charge in [0.25, 0.3) is 5.92 Å². The number of halogens is 4. The zero-order chi connectivity index (χ0) is 19.7. The maximum atomic E-state index is 14.3. The summed E-state index contributed by atoms with van der Waals surface area (Å²) >= 11 is 0. The molecule has 1 aromatic rings. The number of allylic oxidation sites excluding steroid dienone is 1. The maximum absolute atomic E-state index is 14.3. The van der Waals surface area contributed by atoms with Gasteiger partial charge in [0.05, 0.1) is 22.6 Å². The van der Waals surface area contributed by atoms with Gasteiger partial charge in [0.1, 0.15) is 11.6 Å². The van der Waals surface area contributed by atoms with Gasteiger partial charge in [-0.05, 0) is 42.7 Å². The Balaban J connectivity index is 0.00000205. The Kier molecular flexibility index (Phi) is 4.61. The van der Waals surface area contributed by atoms with Crippen molar-refractivity contribution in [2.45, 2.75) is 31.6 Å². The van der Waals surface area contributed by atoms with Crippen molar-refractivity contribution in [2.24, 2.45) is 21.9 Å². The number of likely N-dealkylation sites (tertiary alicyclic amines) is 1. The van der Waals surface area contributed by atoms with Crippen LogP contribution in [0.25, 0.3) is 5.70 Å². The molecule has 0 aromatic heterocycles. The number of hydrogen-bond acceptors (Lipinski definition) is 2. The Hall–Kier alpha value is -1.89. The molecule has 0 bridgehead atoms. The van der Waals surface area contributed by atoms with Crippen molar-refractivity contribution in [3.63, 3.8) is 0 Å². The van der Waals surface area contributed by atoms with Crippen LogP contribution in [0.15, 0.2) is 29.4 Å². The molecule has 3 atom stereocenters. The van der Waals surface area contributed by atoms with Crippen LogP contribution in [0.1, 0.15) is 31.2 Å². The fraction of sp³-hybridized carbons (Fsp3) is 0.500. The number of benzene rings is 1. The van der Waals surface area contributed by atoms with E-state index in [-0.39, 0.29) is 54.6 Å². The Labute approximate surface area is 176 Å². The molecule has 4 aliphatic rings. The number of amides is 1. The zero-order valence-electron chi connectivity index (χ0n) is 15.3. The largest absolute Gasteiger partial charge is 0.336 e. The van der Waals surface area contributed by atoms with E-state index in [1.165, 1.54) is 11.0 Å². The van der Waals surface area contributed by atoms with Gasteiger partial charge < -0.3 is 4.90 Å². The first-order valence-electron chi connectivity index (χ1n) is 9.29. The number of nitrogens with zero attached hydrogens (tertiary/aromatic N) is 3. The summed E-state index contributed by atoms with van der Waals surface area (Å²) < 4.78 is 55.8. The molecule has 2 aliphatic carbocycles. The molecular formula is C20H17F4N3OV. The molecule has 1 saturated heterocycles. The smallest absolute Gasteiger partial charge is 0.267 e. The fourth-order valence-corrected chi connectivity index (χ4v) is 5.23. The molecule has 151 valence electrons. The number of alkyl halides is 2. The van der Waals surface area contributed by atoms with Crippen LogP contribution in [0.3, 0.4) is 0 Å². The maximum Gasteiger partial charge on any atom is 0.267 e. The minimum Gasteiger partial charge on any atom is -0.336 e. The van der Waals surface area contributed by atoms with Crippen molar-refractivity contribution in [3.8, 4) is 0 Å². The van der Waals surface area contributed by atoms with E-state index in [2.05, 4.69) is 16.1 Å². The average molecular weight is 442 g/mol. The van der Waals surface area contributed by atoms with Crippen molar-refractivity contribution in [1.29, 1.82) is 0 Å². The molecule has 29 heavy (non-hydrogen) atoms. The minimum atomic E-state index is -2.87. The summed E-state index contributed by atoms with van der Waals surface area (Å²) in [7, 11) is 0. The third-order valence-corrected chi connectivity index (χ3v) is 6.69. The molecule has 1 radical (unpaired) electrons. The predicted octanol–water partition coefficient (Wildman–Crippen LogP) is 3.58. The molecule has 1 aromatic carbocycles. The van der Waals surface area contributed by atoms with Crippen LogP contribution < -0.4 is 0 Å². The van der Waals surface area contributed by atoms with Gasteiger partial charge in [0, 0.05) is 31.5 Å². The van der Waals surface area contributed by atoms with Gasteiger partial charge in [-0.1, -0.05) is 18.4 Å². The van der Waals surface area contributed by atoms with E-state index >= 15 is 0 Å². The second-order valence-electron chi connectivity index (χ2n) is 8.18. The van der Waals surface area contributed by atoms with Crippen molar-refractivity contribution in [3.05, 3.63) is 41.5 Å². The van der Waals surface area contributed by atoms with Crippen LogP contribution in [0.4, 0.5) is 17.6 Å². The summed E-state index contributed by atoms with van der Waals surface area (Å²) in [5, 5.41) is 3.93. The van der Waals surface area contributed by atoms with Crippen LogP contribution in [0.5, 0.6) is 0 Å². The first kappa shape index (κ1) is 20.4. The van der Waals surface area contributed by atoms with E-state index in [1.54, 1.807) is 6.08 Å². The van der Waals surface area contributed by atoms with Gasteiger partial charge in [-0.15, -0.1) is 0 Å². The second kappa shape index (κ2) is 6.56. The van der Waals surface area contributed by atoms with Gasteiger partial charge in [-0.25, -0.2) is 17.6 Å². The summed E-state index contributed by atoms with van der Waals surface area (Å²) in [6, 6.07) is 3.53. The third-order valence-electron chi connectivity index (χ3n) is 6.69. The van der Waals surface area contributed by atoms with Crippen molar-refractivity contribution in [2.75, 3.05) is 13.1 Å². The molecule has 1 unspecified atom stereocenters. The van der Waals surface area contributed by atoms with Crippen LogP contribution in [0.2, 0.25) is 0 Å². The van der Waals surface area contributed by atoms with Crippen molar-refractivity contribution < 1.29 is 45.7 Å². The van der Waals surface area contributed by atoms with E-state index < -0.39 is 34.9 Å². The SMILES string of the molecule is O=C(N1CCC(F)(F)C1)C12CC[C@H]3[C-]=[N+]=NC(c4c(F)cccc4F)=C[C@]31C2.[V]. The molecule has 9 heteroatoms. The summed E-state index contributed by atoms with van der Waals surface area (Å²) in [5.41, 5.74) is -1.84. The Morgan fingerprint density at radius 3 is 2.62 bits per heavy atom. The van der Waals surface area contributed by atoms with Gasteiger partial charge >= 0.3 is 0 Å². The van der Waals surface area contributed by atoms with Crippen molar-refractivity contribution >= 4 is 17.8 Å². The standard InChI is InChI=1S/C20H17F4N3O.V/c21-13-2-1-3-14(22)16(13)15-8-19-10-18(19,5-4-12(19)9-25-26-15)17(28)27-7-6-20(23,24)11-27;/h1-3,8,12H,4-7,10-11H2;/t12-,18?,19-;/m0./s1. The molecule has 0 N–H and O–H groups in total. The number of carbonyl (C=O) groups excluding carboxylic acids is 1. The zero-order valence-corrected chi connectivity index (χ0v) is 16.7. The number of rotatable bonds is 2. The summed E-state index contributed by atoms with van der Waals surface area (Å²) in [6.45, 7) is -0.552. The van der Waals surface area contributed by atoms with Crippen molar-refractivity contribution in [1.82, 2.24) is 4.90 Å². The van der Waals surface area contributed by atoms with Gasteiger partial charge in [-0.3, -0.25) is 4.79 Å². The van der Waals surface area contributed by atoms with E-state index in [0.29, 0.717) is 19.3 Å². The molecule has 5 rings (SSSR count). The summed E-state index contributed by atoms with van der Waals surface area (Å²) in [5.74, 6) is -4.93. The summed E-state index contributed by atoms with van der Waals surface area (Å²) in [4.78, 5) is 18.3. The fourth-order valence-electron chi connectivity index (χ4n) is 5.23. The topological polar surface area (TPSA) is 46.8 Å². The van der Waals surface area contributed by atoms with E-state index in [1.807, 2.05) is 0 Å². The molecule has 2 saturated carbocycles. The van der Waals surface area contributed by atoms with Crippen LogP contribution in [-0.2, 0) is 23.4 Å². The number of carbonyl (C=O) groups is 1. The molecular weight excluding hydrogens is 425 g/mol. The van der Waals surface area contributed by atoms with Gasteiger partial charge in [-0.2, -0.15) is 4.79 Å². The van der Waals surface area contributed by atoms with E-state index in [4.69, 9.17) is 0 Å². The van der Waals surface area contributed by atoms with Crippen LogP contribution in [-0.4, -0.2) is 40.8 Å². The first-order valence-corrected chi connectivity index (χ1v) is 9.29. The monoisotopic (exact) mass is 442 g/mol. The molecule has 4 nitrogen and oxygen atoms in total. The molecule has 3 fully saturated rings. The quantitative estimate of drug-likeness (QED) is 0.393. The molecule has 2 aliphatic heterocycles. The first-order chi connectivity index (χ1) is 13.3. The predicted molar refractivity (Wildman–Crippen MR) is 90.4 cm³/mol. The van der Waals surface area contributed by atoms with E-state index in [0.717, 1.165) is 12.1 Å². The normalized spacial score (nSPS) is 33.4. The van der Waals surface area contributed by atoms with Gasteiger partial charge in [0.15, 0.2) is 5.70 Å². The molecule has 1 amide bonds. The second-order valence-corrected chi connectivity index (χ2v) is 8.18. The Bertz CT molecular complexity index is 970. The Morgan fingerprint density at radius 2 is 1.97 bits per heavy atom. The summed E-state index contributed by atoms with van der Waals surface area (Å²) in [6.07, 6.45) is 5.74. The average Bonchev–Trinajstić information content (AvgIpc) is 3.09. The minimum absolute atomic E-state index is 0. The molecule has 1 spiro atoms. The van der Waals surface area contributed by atoms with Crippen LogP contribution >= 0.6 is 0 Å². The van der Waals surface area contributed by atoms with Gasteiger partial charge in [0.2, 0.25) is 5.91 Å². The Morgan fingerprint density at radius 1 is 1.24 bits per heavy atom. The third kappa shape index (κ3) is 2.84. The molecule has 2 heterocycles. The van der Waals surface area contributed by atoms with E-state index in [9.17, 15) is 22.4 Å². The number of hydrogen-bond donors (Lipinski definition) is 0.